The molecule has 3 nitrogen and oxygen atoms in total. The van der Waals surface area contributed by atoms with Crippen LogP contribution in [-0.2, 0) is 0 Å². The lowest BCUT2D eigenvalue weighted by molar-refractivity contribution is 0.356. The first-order valence-electron chi connectivity index (χ1n) is 5.63. The van der Waals surface area contributed by atoms with Crippen molar-refractivity contribution in [3.05, 3.63) is 47.8 Å². The second kappa shape index (κ2) is 5.40. The van der Waals surface area contributed by atoms with Gasteiger partial charge in [0.2, 0.25) is 0 Å². The predicted molar refractivity (Wildman–Crippen MR) is 69.7 cm³/mol. The number of halogens is 1. The van der Waals surface area contributed by atoms with Crippen LogP contribution in [0.5, 0.6) is 11.5 Å². The molecule has 0 heterocycles. The van der Waals surface area contributed by atoms with Crippen LogP contribution >= 0.6 is 0 Å². The number of hydrogen-bond acceptors (Lipinski definition) is 3. The molecule has 96 valence electrons. The predicted octanol–water partition coefficient (Wildman–Crippen LogP) is 3.38. The Balaban J connectivity index is 2.73. The zero-order chi connectivity index (χ0) is 13.8. The molecule has 2 aromatic carbocycles. The molecule has 0 fully saturated rings. The molecule has 0 saturated carbocycles. The number of ether oxygens (including phenoxy) is 2. The van der Waals surface area contributed by atoms with Crippen molar-refractivity contribution >= 4 is 0 Å². The van der Waals surface area contributed by atoms with E-state index in [4.69, 9.17) is 14.7 Å². The Morgan fingerprint density at radius 3 is 2.32 bits per heavy atom. The maximum atomic E-state index is 13.7. The molecule has 0 aliphatic carbocycles. The number of nitrogens with zero attached hydrogens (tertiary/aromatic N) is 1. The van der Waals surface area contributed by atoms with E-state index in [0.717, 1.165) is 0 Å². The number of nitriles is 1. The fourth-order valence-electron chi connectivity index (χ4n) is 1.96. The highest BCUT2D eigenvalue weighted by Crippen LogP contribution is 2.39. The van der Waals surface area contributed by atoms with Crippen molar-refractivity contribution in [1.29, 1.82) is 5.26 Å². The Morgan fingerprint density at radius 2 is 1.68 bits per heavy atom. The first-order valence-corrected chi connectivity index (χ1v) is 5.63. The molecule has 0 amide bonds. The molecule has 0 aromatic heterocycles. The van der Waals surface area contributed by atoms with Crippen LogP contribution in [0, 0.1) is 17.1 Å². The molecule has 0 N–H and O–H groups in total. The summed E-state index contributed by atoms with van der Waals surface area (Å²) < 4.78 is 24.2. The van der Waals surface area contributed by atoms with Gasteiger partial charge >= 0.3 is 0 Å². The van der Waals surface area contributed by atoms with E-state index in [9.17, 15) is 4.39 Å². The minimum atomic E-state index is -0.551. The van der Waals surface area contributed by atoms with Gasteiger partial charge in [-0.1, -0.05) is 24.3 Å². The molecule has 2 rings (SSSR count). The van der Waals surface area contributed by atoms with E-state index < -0.39 is 5.82 Å². The fourth-order valence-corrected chi connectivity index (χ4v) is 1.96. The first kappa shape index (κ1) is 12.9. The lowest BCUT2D eigenvalue weighted by Gasteiger charge is -2.13. The molecule has 0 unspecified atom stereocenters. The highest BCUT2D eigenvalue weighted by molar-refractivity contribution is 5.78. The molecule has 4 heteroatoms. The third kappa shape index (κ3) is 2.23. The van der Waals surface area contributed by atoms with Gasteiger partial charge in [-0.3, -0.25) is 0 Å². The van der Waals surface area contributed by atoms with Crippen molar-refractivity contribution in [3.63, 3.8) is 0 Å². The number of para-hydroxylation sites is 1. The Labute approximate surface area is 110 Å². The van der Waals surface area contributed by atoms with Crippen LogP contribution in [0.25, 0.3) is 11.1 Å². The highest BCUT2D eigenvalue weighted by atomic mass is 19.1. The molecule has 0 aliphatic rings. The van der Waals surface area contributed by atoms with Crippen molar-refractivity contribution < 1.29 is 13.9 Å². The van der Waals surface area contributed by atoms with E-state index in [1.807, 2.05) is 6.07 Å². The molecule has 0 aliphatic heterocycles. The normalized spacial score (nSPS) is 9.79. The Morgan fingerprint density at radius 1 is 1.00 bits per heavy atom. The lowest BCUT2D eigenvalue weighted by atomic mass is 9.98. The van der Waals surface area contributed by atoms with Gasteiger partial charge in [-0.15, -0.1) is 0 Å². The monoisotopic (exact) mass is 257 g/mol. The van der Waals surface area contributed by atoms with E-state index in [0.29, 0.717) is 22.6 Å². The second-order valence-electron chi connectivity index (χ2n) is 3.82. The van der Waals surface area contributed by atoms with E-state index in [2.05, 4.69) is 0 Å². The Hall–Kier alpha value is -2.54. The summed E-state index contributed by atoms with van der Waals surface area (Å²) in [6, 6.07) is 11.6. The van der Waals surface area contributed by atoms with Gasteiger partial charge in [-0.05, 0) is 12.1 Å². The van der Waals surface area contributed by atoms with Crippen molar-refractivity contribution in [2.24, 2.45) is 0 Å². The Kier molecular flexibility index (Phi) is 3.67. The zero-order valence-corrected chi connectivity index (χ0v) is 10.6. The van der Waals surface area contributed by atoms with Gasteiger partial charge in [-0.25, -0.2) is 4.39 Å². The smallest absolute Gasteiger partial charge is 0.168 e. The fraction of sp³-hybridized carbons (Fsp3) is 0.133. The number of rotatable bonds is 3. The average Bonchev–Trinajstić information content (AvgIpc) is 2.45. The number of hydrogen-bond donors (Lipinski definition) is 0. The molecule has 19 heavy (non-hydrogen) atoms. The van der Waals surface area contributed by atoms with Gasteiger partial charge in [0.15, 0.2) is 11.5 Å². The van der Waals surface area contributed by atoms with Crippen LogP contribution in [-0.4, -0.2) is 14.2 Å². The zero-order valence-electron chi connectivity index (χ0n) is 10.6. The number of benzene rings is 2. The van der Waals surface area contributed by atoms with Crippen molar-refractivity contribution in [3.8, 4) is 28.7 Å². The SMILES string of the molecule is COc1cccc(-c2cccc(F)c2C#N)c1OC. The molecular weight excluding hydrogens is 245 g/mol. The summed E-state index contributed by atoms with van der Waals surface area (Å²) >= 11 is 0. The average molecular weight is 257 g/mol. The highest BCUT2D eigenvalue weighted by Gasteiger charge is 2.16. The molecule has 0 saturated heterocycles. The van der Waals surface area contributed by atoms with Crippen molar-refractivity contribution in [1.82, 2.24) is 0 Å². The van der Waals surface area contributed by atoms with Crippen molar-refractivity contribution in [2.75, 3.05) is 14.2 Å². The van der Waals surface area contributed by atoms with Gasteiger partial charge in [0.1, 0.15) is 11.9 Å². The summed E-state index contributed by atoms with van der Waals surface area (Å²) in [5.41, 5.74) is 1.10. The summed E-state index contributed by atoms with van der Waals surface area (Å²) in [6.07, 6.45) is 0. The van der Waals surface area contributed by atoms with E-state index in [1.54, 1.807) is 30.3 Å². The molecular formula is C15H12FNO2. The summed E-state index contributed by atoms with van der Waals surface area (Å²) in [4.78, 5) is 0. The quantitative estimate of drug-likeness (QED) is 0.846. The molecule has 0 atom stereocenters. The molecule has 0 bridgehead atoms. The third-order valence-electron chi connectivity index (χ3n) is 2.82. The summed E-state index contributed by atoms with van der Waals surface area (Å²) in [5.74, 6) is 0.463. The van der Waals surface area contributed by atoms with Gasteiger partial charge in [0.05, 0.1) is 19.8 Å². The van der Waals surface area contributed by atoms with E-state index in [1.165, 1.54) is 20.3 Å². The summed E-state index contributed by atoms with van der Waals surface area (Å²) in [6.45, 7) is 0. The van der Waals surface area contributed by atoms with Gasteiger partial charge in [-0.2, -0.15) is 5.26 Å². The van der Waals surface area contributed by atoms with Crippen molar-refractivity contribution in [2.45, 2.75) is 0 Å². The molecule has 0 spiro atoms. The van der Waals surface area contributed by atoms with E-state index in [-0.39, 0.29) is 5.56 Å². The topological polar surface area (TPSA) is 42.2 Å². The van der Waals surface area contributed by atoms with Crippen LogP contribution in [0.3, 0.4) is 0 Å². The Bertz CT molecular complexity index is 647. The van der Waals surface area contributed by atoms with Crippen LogP contribution < -0.4 is 9.47 Å². The minimum absolute atomic E-state index is 0.00551. The maximum Gasteiger partial charge on any atom is 0.168 e. The number of methoxy groups -OCH3 is 2. The van der Waals surface area contributed by atoms with Gasteiger partial charge < -0.3 is 9.47 Å². The largest absolute Gasteiger partial charge is 0.493 e. The van der Waals surface area contributed by atoms with Crippen LogP contribution in [0.2, 0.25) is 0 Å². The molecule has 2 aromatic rings. The molecule has 0 radical (unpaired) electrons. The summed E-state index contributed by atoms with van der Waals surface area (Å²) in [5, 5.41) is 9.09. The second-order valence-corrected chi connectivity index (χ2v) is 3.82. The standard InChI is InChI=1S/C15H12FNO2/c1-18-14-8-4-6-11(15(14)19-2)10-5-3-7-13(16)12(10)9-17/h3-8H,1-2H3. The third-order valence-corrected chi connectivity index (χ3v) is 2.82. The van der Waals surface area contributed by atoms with Gasteiger partial charge in [0, 0.05) is 11.1 Å². The van der Waals surface area contributed by atoms with Crippen LogP contribution in [0.1, 0.15) is 5.56 Å². The summed E-state index contributed by atoms with van der Waals surface area (Å²) in [7, 11) is 3.03. The van der Waals surface area contributed by atoms with E-state index >= 15 is 0 Å². The van der Waals surface area contributed by atoms with Gasteiger partial charge in [0.25, 0.3) is 0 Å². The first-order chi connectivity index (χ1) is 9.22. The van der Waals surface area contributed by atoms with Crippen LogP contribution in [0.15, 0.2) is 36.4 Å². The van der Waals surface area contributed by atoms with Crippen LogP contribution in [0.4, 0.5) is 4.39 Å². The maximum absolute atomic E-state index is 13.7. The lowest BCUT2D eigenvalue weighted by Crippen LogP contribution is -1.95. The minimum Gasteiger partial charge on any atom is -0.493 e.